The molecule has 0 unspecified atom stereocenters. The van der Waals surface area contributed by atoms with E-state index in [4.69, 9.17) is 0 Å². The third kappa shape index (κ3) is 7.02. The second-order valence-corrected chi connectivity index (χ2v) is 18.7. The predicted octanol–water partition coefficient (Wildman–Crippen LogP) is 19.3. The quantitative estimate of drug-likeness (QED) is 0.147. The fourth-order valence-corrected chi connectivity index (χ4v) is 11.6. The van der Waals surface area contributed by atoms with Crippen molar-refractivity contribution in [2.45, 2.75) is 0 Å². The van der Waals surface area contributed by atoms with E-state index in [0.29, 0.717) is 0 Å². The summed E-state index contributed by atoms with van der Waals surface area (Å²) in [7, 11) is 0. The monoisotopic (exact) mass is 881 g/mol. The maximum atomic E-state index is 2.52. The molecule has 2 heteroatoms. The minimum atomic E-state index is 1.09. The second-order valence-electron chi connectivity index (χ2n) is 17.7. The van der Waals surface area contributed by atoms with Crippen LogP contribution < -0.4 is 4.90 Å². The average molecular weight is 882 g/mol. The van der Waals surface area contributed by atoms with Crippen molar-refractivity contribution in [3.8, 4) is 55.6 Å². The Morgan fingerprint density at radius 3 is 1.40 bits per heavy atom. The van der Waals surface area contributed by atoms with Crippen molar-refractivity contribution in [1.82, 2.24) is 0 Å². The van der Waals surface area contributed by atoms with Gasteiger partial charge in [-0.2, -0.15) is 0 Å². The Balaban J connectivity index is 0.992. The Labute approximate surface area is 400 Å². The highest BCUT2D eigenvalue weighted by Crippen LogP contribution is 2.52. The minimum Gasteiger partial charge on any atom is -0.308 e. The van der Waals surface area contributed by atoms with Crippen molar-refractivity contribution in [3.63, 3.8) is 0 Å². The Kier molecular flexibility index (Phi) is 9.77. The SMILES string of the molecule is c1ccc(-c2ccc(N(c3ccc(-c4ccc5cc(-c6ccc7ccccc7c6)ccc5c4)cc3)c3cc4ccccc4c4c3sc3c(-c5ccccc5)cccc34)c(-c3ccccc3)c2)cc1. The van der Waals surface area contributed by atoms with E-state index in [1.54, 1.807) is 0 Å². The van der Waals surface area contributed by atoms with E-state index < -0.39 is 0 Å². The number of anilines is 3. The number of fused-ring (bicyclic) bond motifs is 7. The molecule has 68 heavy (non-hydrogen) atoms. The number of hydrogen-bond donors (Lipinski definition) is 0. The van der Waals surface area contributed by atoms with E-state index in [1.165, 1.54) is 108 Å². The van der Waals surface area contributed by atoms with Gasteiger partial charge >= 0.3 is 0 Å². The van der Waals surface area contributed by atoms with Crippen LogP contribution in [0.2, 0.25) is 0 Å². The number of benzene rings is 12. The van der Waals surface area contributed by atoms with Gasteiger partial charge in [-0.1, -0.05) is 212 Å². The third-order valence-electron chi connectivity index (χ3n) is 13.6. The molecule has 0 saturated heterocycles. The molecule has 13 rings (SSSR count). The first-order chi connectivity index (χ1) is 33.7. The van der Waals surface area contributed by atoms with E-state index >= 15 is 0 Å². The van der Waals surface area contributed by atoms with Crippen LogP contribution in [0.15, 0.2) is 261 Å². The maximum Gasteiger partial charge on any atom is 0.0647 e. The molecule has 0 amide bonds. The van der Waals surface area contributed by atoms with Crippen LogP contribution in [0.25, 0.3) is 108 Å². The van der Waals surface area contributed by atoms with E-state index in [0.717, 1.165) is 17.1 Å². The van der Waals surface area contributed by atoms with Crippen LogP contribution >= 0.6 is 11.3 Å². The smallest absolute Gasteiger partial charge is 0.0647 e. The zero-order chi connectivity index (χ0) is 45.0. The molecule has 0 aliphatic heterocycles. The highest BCUT2D eigenvalue weighted by Gasteiger charge is 2.24. The average Bonchev–Trinajstić information content (AvgIpc) is 3.82. The first-order valence-electron chi connectivity index (χ1n) is 23.3. The molecule has 0 spiro atoms. The Morgan fingerprint density at radius 1 is 0.250 bits per heavy atom. The number of thiophene rings is 1. The summed E-state index contributed by atoms with van der Waals surface area (Å²) in [5, 5.41) is 10.0. The molecule has 13 aromatic rings. The van der Waals surface area contributed by atoms with Crippen LogP contribution in [0.3, 0.4) is 0 Å². The molecule has 1 nitrogen and oxygen atoms in total. The number of rotatable bonds is 8. The van der Waals surface area contributed by atoms with Crippen molar-refractivity contribution >= 4 is 80.9 Å². The molecule has 0 bridgehead atoms. The van der Waals surface area contributed by atoms with Crippen LogP contribution in [0.1, 0.15) is 0 Å². The van der Waals surface area contributed by atoms with E-state index in [-0.39, 0.29) is 0 Å². The lowest BCUT2D eigenvalue weighted by Gasteiger charge is -2.29. The van der Waals surface area contributed by atoms with Gasteiger partial charge in [0, 0.05) is 26.7 Å². The topological polar surface area (TPSA) is 3.24 Å². The molecule has 0 N–H and O–H groups in total. The molecule has 1 heterocycles. The summed E-state index contributed by atoms with van der Waals surface area (Å²) in [4.78, 5) is 2.52. The van der Waals surface area contributed by atoms with Gasteiger partial charge in [-0.25, -0.2) is 0 Å². The van der Waals surface area contributed by atoms with E-state index in [2.05, 4.69) is 266 Å². The summed E-state index contributed by atoms with van der Waals surface area (Å²) >= 11 is 1.90. The molecule has 1 aromatic heterocycles. The van der Waals surface area contributed by atoms with Crippen LogP contribution in [-0.4, -0.2) is 0 Å². The first kappa shape index (κ1) is 39.8. The summed E-state index contributed by atoms with van der Waals surface area (Å²) in [6.45, 7) is 0. The first-order valence-corrected chi connectivity index (χ1v) is 24.1. The van der Waals surface area contributed by atoms with Crippen molar-refractivity contribution in [1.29, 1.82) is 0 Å². The fraction of sp³-hybridized carbons (Fsp3) is 0. The Bertz CT molecular complexity index is 4000. The largest absolute Gasteiger partial charge is 0.308 e. The summed E-state index contributed by atoms with van der Waals surface area (Å²) in [6.07, 6.45) is 0. The van der Waals surface area contributed by atoms with Crippen LogP contribution in [0.4, 0.5) is 17.1 Å². The van der Waals surface area contributed by atoms with Gasteiger partial charge in [-0.3, -0.25) is 0 Å². The molecule has 0 aliphatic carbocycles. The second kappa shape index (κ2) is 16.7. The molecule has 12 aromatic carbocycles. The highest BCUT2D eigenvalue weighted by molar-refractivity contribution is 7.27. The van der Waals surface area contributed by atoms with Gasteiger partial charge < -0.3 is 4.90 Å². The molecule has 0 saturated carbocycles. The lowest BCUT2D eigenvalue weighted by atomic mass is 9.95. The minimum absolute atomic E-state index is 1.09. The van der Waals surface area contributed by atoms with Crippen molar-refractivity contribution in [3.05, 3.63) is 261 Å². The summed E-state index contributed by atoms with van der Waals surface area (Å²) in [5.74, 6) is 0. The molecule has 0 radical (unpaired) electrons. The Hall–Kier alpha value is -8.56. The normalized spacial score (nSPS) is 11.5. The third-order valence-corrected chi connectivity index (χ3v) is 14.9. The van der Waals surface area contributed by atoms with Gasteiger partial charge in [0.15, 0.2) is 0 Å². The van der Waals surface area contributed by atoms with Crippen molar-refractivity contribution in [2.75, 3.05) is 4.90 Å². The molecule has 0 fully saturated rings. The van der Waals surface area contributed by atoms with Gasteiger partial charge in [0.05, 0.1) is 16.1 Å². The highest BCUT2D eigenvalue weighted by atomic mass is 32.1. The van der Waals surface area contributed by atoms with Gasteiger partial charge in [0.2, 0.25) is 0 Å². The molecular weight excluding hydrogens is 839 g/mol. The maximum absolute atomic E-state index is 2.52. The molecule has 0 aliphatic rings. The van der Waals surface area contributed by atoms with Gasteiger partial charge in [-0.15, -0.1) is 11.3 Å². The number of nitrogens with zero attached hydrogens (tertiary/aromatic N) is 1. The zero-order valence-corrected chi connectivity index (χ0v) is 38.0. The summed E-state index contributed by atoms with van der Waals surface area (Å²) < 4.78 is 2.56. The van der Waals surface area contributed by atoms with Crippen LogP contribution in [-0.2, 0) is 0 Å². The summed E-state index contributed by atoms with van der Waals surface area (Å²) in [6, 6.07) is 95.8. The van der Waals surface area contributed by atoms with Gasteiger partial charge in [-0.05, 0) is 131 Å². The van der Waals surface area contributed by atoms with Crippen molar-refractivity contribution in [2.24, 2.45) is 0 Å². The van der Waals surface area contributed by atoms with Crippen LogP contribution in [0.5, 0.6) is 0 Å². The lowest BCUT2D eigenvalue weighted by Crippen LogP contribution is -2.11. The number of hydrogen-bond acceptors (Lipinski definition) is 2. The zero-order valence-electron chi connectivity index (χ0n) is 37.2. The predicted molar refractivity (Wildman–Crippen MR) is 294 cm³/mol. The standard InChI is InChI=1S/C66H43NS/c1-4-15-44(16-5-1)55-35-38-62(61(42-55)48-20-8-3-9-21-48)67(63-43-56-23-12-13-24-58(56)64-60-26-14-25-59(65(60)68-66(63)64)47-18-6-2-7-19-47)57-36-33-46(34-37-57)50-29-30-53-41-54(32-31-52(53)40-50)51-28-27-45-17-10-11-22-49(45)39-51/h1-43H. The van der Waals surface area contributed by atoms with Crippen LogP contribution in [0, 0.1) is 0 Å². The van der Waals surface area contributed by atoms with Crippen molar-refractivity contribution < 1.29 is 0 Å². The van der Waals surface area contributed by atoms with E-state index in [1.807, 2.05) is 11.3 Å². The molecule has 0 atom stereocenters. The molecular formula is C66H43NS. The van der Waals surface area contributed by atoms with Gasteiger partial charge in [0.25, 0.3) is 0 Å². The van der Waals surface area contributed by atoms with E-state index in [9.17, 15) is 0 Å². The fourth-order valence-electron chi connectivity index (χ4n) is 10.2. The summed E-state index contributed by atoms with van der Waals surface area (Å²) in [5.41, 5.74) is 15.4. The Morgan fingerprint density at radius 2 is 0.721 bits per heavy atom. The molecule has 318 valence electrons. The lowest BCUT2D eigenvalue weighted by molar-refractivity contribution is 1.30. The van der Waals surface area contributed by atoms with Gasteiger partial charge in [0.1, 0.15) is 0 Å².